The molecular weight excluding hydrogens is 401 g/mol. The summed E-state index contributed by atoms with van der Waals surface area (Å²) in [5.74, 6) is -4.27. The highest BCUT2D eigenvalue weighted by molar-refractivity contribution is 5.97. The fourth-order valence-electron chi connectivity index (χ4n) is 3.38. The number of benzene rings is 1. The van der Waals surface area contributed by atoms with E-state index >= 15 is 0 Å². The lowest BCUT2D eigenvalue weighted by molar-refractivity contribution is -0.136. The number of hydrogen-bond donors (Lipinski definition) is 2. The molecule has 2 aliphatic rings. The average Bonchev–Trinajstić information content (AvgIpc) is 2.63. The summed E-state index contributed by atoms with van der Waals surface area (Å²) in [5, 5.41) is 5.42. The molecule has 166 valence electrons. The van der Waals surface area contributed by atoms with Gasteiger partial charge in [-0.3, -0.25) is 9.59 Å². The quantitative estimate of drug-likeness (QED) is 0.699. The Hall–Kier alpha value is -2.29. The molecule has 9 heteroatoms. The summed E-state index contributed by atoms with van der Waals surface area (Å²) < 4.78 is 51.4. The van der Waals surface area contributed by atoms with Crippen molar-refractivity contribution >= 4 is 11.8 Å². The number of carbonyl (C=O) groups is 2. The number of carbonyl (C=O) groups excluding carboxylic acids is 2. The smallest absolute Gasteiger partial charge is 0.263 e. The van der Waals surface area contributed by atoms with Gasteiger partial charge in [-0.25, -0.2) is 13.2 Å². The molecule has 0 radical (unpaired) electrons. The Morgan fingerprint density at radius 2 is 1.90 bits per heavy atom. The number of hydrogen-bond acceptors (Lipinski definition) is 4. The number of alkyl halides is 2. The third kappa shape index (κ3) is 5.65. The van der Waals surface area contributed by atoms with Crippen LogP contribution in [0.3, 0.4) is 0 Å². The van der Waals surface area contributed by atoms with Gasteiger partial charge in [0.25, 0.3) is 11.8 Å². The van der Waals surface area contributed by atoms with Crippen molar-refractivity contribution in [1.29, 1.82) is 0 Å². The van der Waals surface area contributed by atoms with Gasteiger partial charge in [-0.15, -0.1) is 0 Å². The maximum Gasteiger partial charge on any atom is 0.263 e. The molecule has 3 rings (SSSR count). The van der Waals surface area contributed by atoms with Crippen molar-refractivity contribution < 1.29 is 32.2 Å². The van der Waals surface area contributed by atoms with Crippen molar-refractivity contribution in [3.8, 4) is 5.75 Å². The summed E-state index contributed by atoms with van der Waals surface area (Å²) in [6, 6.07) is 3.11. The molecule has 1 atom stereocenters. The third-order valence-electron chi connectivity index (χ3n) is 5.43. The summed E-state index contributed by atoms with van der Waals surface area (Å²) in [6.45, 7) is 3.96. The molecule has 1 heterocycles. The maximum absolute atomic E-state index is 13.7. The first-order chi connectivity index (χ1) is 14.1. The van der Waals surface area contributed by atoms with Crippen molar-refractivity contribution in [2.75, 3.05) is 13.2 Å². The Kier molecular flexibility index (Phi) is 6.59. The number of nitrogens with one attached hydrogen (secondary N) is 2. The van der Waals surface area contributed by atoms with Gasteiger partial charge < -0.3 is 20.1 Å². The van der Waals surface area contributed by atoms with Crippen molar-refractivity contribution in [3.05, 3.63) is 29.6 Å². The lowest BCUT2D eigenvalue weighted by Crippen LogP contribution is -2.51. The molecule has 2 amide bonds. The van der Waals surface area contributed by atoms with E-state index in [1.165, 1.54) is 19.9 Å². The lowest BCUT2D eigenvalue weighted by atomic mass is 9.91. The maximum atomic E-state index is 13.7. The first-order valence-corrected chi connectivity index (χ1v) is 10.1. The van der Waals surface area contributed by atoms with Crippen molar-refractivity contribution in [3.63, 3.8) is 0 Å². The highest BCUT2D eigenvalue weighted by Crippen LogP contribution is 2.33. The van der Waals surface area contributed by atoms with Crippen LogP contribution in [0, 0.1) is 5.82 Å². The Bertz CT molecular complexity index is 786. The van der Waals surface area contributed by atoms with Gasteiger partial charge in [0, 0.05) is 32.0 Å². The van der Waals surface area contributed by atoms with Crippen LogP contribution in [0.15, 0.2) is 18.2 Å². The predicted molar refractivity (Wildman–Crippen MR) is 103 cm³/mol. The van der Waals surface area contributed by atoms with E-state index in [1.54, 1.807) is 0 Å². The zero-order valence-electron chi connectivity index (χ0n) is 17.1. The first kappa shape index (κ1) is 22.4. The highest BCUT2D eigenvalue weighted by atomic mass is 19.3. The van der Waals surface area contributed by atoms with E-state index in [-0.39, 0.29) is 49.1 Å². The Morgan fingerprint density at radius 3 is 2.50 bits per heavy atom. The van der Waals surface area contributed by atoms with E-state index < -0.39 is 29.2 Å². The zero-order valence-corrected chi connectivity index (χ0v) is 17.1. The molecule has 1 saturated heterocycles. The molecule has 0 bridgehead atoms. The van der Waals surface area contributed by atoms with E-state index in [0.29, 0.717) is 13.2 Å². The molecule has 1 unspecified atom stereocenters. The van der Waals surface area contributed by atoms with Gasteiger partial charge in [0.2, 0.25) is 5.92 Å². The molecule has 6 nitrogen and oxygen atoms in total. The summed E-state index contributed by atoms with van der Waals surface area (Å²) in [6.07, 6.45) is 0.604. The molecule has 1 aromatic carbocycles. The van der Waals surface area contributed by atoms with Crippen LogP contribution in [-0.4, -0.2) is 48.6 Å². The molecule has 2 fully saturated rings. The molecule has 0 spiro atoms. The summed E-state index contributed by atoms with van der Waals surface area (Å²) in [4.78, 5) is 25.2. The second-order valence-electron chi connectivity index (χ2n) is 8.35. The fourth-order valence-corrected chi connectivity index (χ4v) is 3.38. The summed E-state index contributed by atoms with van der Waals surface area (Å²) in [7, 11) is 0. The van der Waals surface area contributed by atoms with Crippen molar-refractivity contribution in [2.24, 2.45) is 0 Å². The molecule has 1 aliphatic heterocycles. The molecule has 1 aromatic rings. The third-order valence-corrected chi connectivity index (χ3v) is 5.43. The monoisotopic (exact) mass is 428 g/mol. The lowest BCUT2D eigenvalue weighted by Gasteiger charge is -2.32. The minimum absolute atomic E-state index is 0.0347. The van der Waals surface area contributed by atoms with Crippen LogP contribution in [-0.2, 0) is 9.53 Å². The standard InChI is InChI=1S/C21H27F3N2O4/c1-20(2,19(28)26-14-5-8-21(23,24)9-6-14)30-17-4-3-13(22)11-16(17)18(27)25-12-15-7-10-29-15/h3-4,11,14-15H,5-10,12H2,1-2H3,(H,25,27)(H,26,28). The molecule has 2 N–H and O–H groups in total. The van der Waals surface area contributed by atoms with Gasteiger partial charge in [0.1, 0.15) is 11.6 Å². The SMILES string of the molecule is CC(C)(Oc1ccc(F)cc1C(=O)NCC1CCO1)C(=O)NC1CCC(F)(F)CC1. The van der Waals surface area contributed by atoms with Crippen LogP contribution in [0.2, 0.25) is 0 Å². The van der Waals surface area contributed by atoms with E-state index in [9.17, 15) is 22.8 Å². The number of halogens is 3. The molecule has 0 aromatic heterocycles. The molecular formula is C21H27F3N2O4. The van der Waals surface area contributed by atoms with Gasteiger partial charge in [0.05, 0.1) is 11.7 Å². The minimum Gasteiger partial charge on any atom is -0.477 e. The van der Waals surface area contributed by atoms with Gasteiger partial charge in [-0.05, 0) is 51.3 Å². The van der Waals surface area contributed by atoms with Crippen LogP contribution in [0.5, 0.6) is 5.75 Å². The number of amides is 2. The van der Waals surface area contributed by atoms with Crippen molar-refractivity contribution in [2.45, 2.75) is 69.6 Å². The average molecular weight is 428 g/mol. The second-order valence-corrected chi connectivity index (χ2v) is 8.35. The Labute approximate surface area is 173 Å². The highest BCUT2D eigenvalue weighted by Gasteiger charge is 2.38. The van der Waals surface area contributed by atoms with Gasteiger partial charge in [-0.2, -0.15) is 0 Å². The Balaban J connectivity index is 1.64. The largest absolute Gasteiger partial charge is 0.477 e. The predicted octanol–water partition coefficient (Wildman–Crippen LogP) is 3.20. The first-order valence-electron chi connectivity index (χ1n) is 10.1. The van der Waals surface area contributed by atoms with Crippen LogP contribution >= 0.6 is 0 Å². The Morgan fingerprint density at radius 1 is 1.23 bits per heavy atom. The number of ether oxygens (including phenoxy) is 2. The van der Waals surface area contributed by atoms with Crippen LogP contribution in [0.25, 0.3) is 0 Å². The topological polar surface area (TPSA) is 76.7 Å². The summed E-state index contributed by atoms with van der Waals surface area (Å²) in [5.41, 5.74) is -1.43. The van der Waals surface area contributed by atoms with Crippen LogP contribution in [0.1, 0.15) is 56.3 Å². The van der Waals surface area contributed by atoms with E-state index in [1.807, 2.05) is 0 Å². The molecule has 1 aliphatic carbocycles. The van der Waals surface area contributed by atoms with E-state index in [2.05, 4.69) is 10.6 Å². The fraction of sp³-hybridized carbons (Fsp3) is 0.619. The van der Waals surface area contributed by atoms with Crippen molar-refractivity contribution in [1.82, 2.24) is 10.6 Å². The second kappa shape index (κ2) is 8.83. The minimum atomic E-state index is -2.69. The van der Waals surface area contributed by atoms with E-state index in [0.717, 1.165) is 18.6 Å². The summed E-state index contributed by atoms with van der Waals surface area (Å²) >= 11 is 0. The molecule has 30 heavy (non-hydrogen) atoms. The number of rotatable bonds is 7. The normalized spacial score (nSPS) is 21.4. The van der Waals surface area contributed by atoms with Gasteiger partial charge in [-0.1, -0.05) is 0 Å². The van der Waals surface area contributed by atoms with E-state index in [4.69, 9.17) is 9.47 Å². The van der Waals surface area contributed by atoms with Crippen LogP contribution in [0.4, 0.5) is 13.2 Å². The zero-order chi connectivity index (χ0) is 21.9. The molecule has 1 saturated carbocycles. The van der Waals surface area contributed by atoms with Gasteiger partial charge >= 0.3 is 0 Å². The van der Waals surface area contributed by atoms with Crippen LogP contribution < -0.4 is 15.4 Å². The van der Waals surface area contributed by atoms with Gasteiger partial charge in [0.15, 0.2) is 5.60 Å².